The molecule has 10 aromatic rings. The number of thiophene rings is 2. The molecule has 0 unspecified atom stereocenters. The maximum absolute atomic E-state index is 5.54. The van der Waals surface area contributed by atoms with Gasteiger partial charge in [-0.2, -0.15) is 0 Å². The van der Waals surface area contributed by atoms with Crippen LogP contribution in [0.4, 0.5) is 0 Å². The molecular formula is C48H33N3S2. The van der Waals surface area contributed by atoms with Gasteiger partial charge in [0.1, 0.15) is 0 Å². The molecular weight excluding hydrogens is 683 g/mol. The molecule has 0 saturated carbocycles. The second kappa shape index (κ2) is 10.1. The van der Waals surface area contributed by atoms with Gasteiger partial charge in [0, 0.05) is 64.2 Å². The molecule has 0 atom stereocenters. The highest BCUT2D eigenvalue weighted by molar-refractivity contribution is 7.21. The minimum absolute atomic E-state index is 0.0838. The molecule has 53 heavy (non-hydrogen) atoms. The molecule has 0 radical (unpaired) electrons. The average molecular weight is 716 g/mol. The standard InChI is InChI=1S/C48H33N3S2/c1-47(2)34-19-11-8-16-29(34)37-32-24-22-27-28-23-25-33-38-30-17-9-12-20-35(30)48(3,4)45(38)53-43(33)41(28)51(40(27)42(32)52-44(37)47)46-49-36-21-13-10-18-31(36)39(50-46)26-14-6-5-7-15-26/h5-25H,1-4H3. The minimum Gasteiger partial charge on any atom is -0.275 e. The van der Waals surface area contributed by atoms with Crippen LogP contribution in [0.5, 0.6) is 0 Å². The lowest BCUT2D eigenvalue weighted by molar-refractivity contribution is 0.674. The molecule has 252 valence electrons. The molecule has 3 nitrogen and oxygen atoms in total. The smallest absolute Gasteiger partial charge is 0.235 e. The zero-order valence-corrected chi connectivity index (χ0v) is 31.4. The number of hydrogen-bond donors (Lipinski definition) is 0. The van der Waals surface area contributed by atoms with Crippen LogP contribution in [-0.2, 0) is 10.8 Å². The van der Waals surface area contributed by atoms with Crippen molar-refractivity contribution >= 4 is 75.6 Å². The van der Waals surface area contributed by atoms with Crippen molar-refractivity contribution < 1.29 is 0 Å². The van der Waals surface area contributed by atoms with Crippen molar-refractivity contribution in [2.45, 2.75) is 38.5 Å². The predicted molar refractivity (Wildman–Crippen MR) is 225 cm³/mol. The highest BCUT2D eigenvalue weighted by Crippen LogP contribution is 2.59. The van der Waals surface area contributed by atoms with Gasteiger partial charge in [-0.1, -0.05) is 149 Å². The second-order valence-electron chi connectivity index (χ2n) is 15.7. The molecule has 0 spiro atoms. The van der Waals surface area contributed by atoms with Crippen LogP contribution < -0.4 is 0 Å². The van der Waals surface area contributed by atoms with Gasteiger partial charge in [-0.3, -0.25) is 4.57 Å². The van der Waals surface area contributed by atoms with Gasteiger partial charge in [0.15, 0.2) is 0 Å². The van der Waals surface area contributed by atoms with Crippen molar-refractivity contribution in [2.24, 2.45) is 0 Å². The first-order valence-corrected chi connectivity index (χ1v) is 20.0. The van der Waals surface area contributed by atoms with Gasteiger partial charge in [0.05, 0.1) is 31.6 Å². The van der Waals surface area contributed by atoms with Gasteiger partial charge in [-0.15, -0.1) is 22.7 Å². The maximum atomic E-state index is 5.54. The summed E-state index contributed by atoms with van der Waals surface area (Å²) in [5.41, 5.74) is 13.5. The predicted octanol–water partition coefficient (Wildman–Crippen LogP) is 13.4. The van der Waals surface area contributed by atoms with Gasteiger partial charge >= 0.3 is 0 Å². The van der Waals surface area contributed by atoms with Gasteiger partial charge in [-0.05, 0) is 28.3 Å². The number of aromatic nitrogens is 3. The summed E-state index contributed by atoms with van der Waals surface area (Å²) in [5.74, 6) is 0.712. The van der Waals surface area contributed by atoms with Crippen molar-refractivity contribution in [2.75, 3.05) is 0 Å². The van der Waals surface area contributed by atoms with E-state index in [2.05, 4.69) is 160 Å². The average Bonchev–Trinajstić information content (AvgIpc) is 3.96. The number of rotatable bonds is 2. The number of para-hydroxylation sites is 1. The van der Waals surface area contributed by atoms with E-state index in [1.165, 1.54) is 85.1 Å². The Morgan fingerprint density at radius 3 is 1.55 bits per heavy atom. The van der Waals surface area contributed by atoms with Crippen LogP contribution in [0.2, 0.25) is 0 Å². The normalized spacial score (nSPS) is 15.1. The first-order chi connectivity index (χ1) is 25.8. The number of hydrogen-bond acceptors (Lipinski definition) is 4. The third-order valence-electron chi connectivity index (χ3n) is 12.1. The Bertz CT molecular complexity index is 3070. The van der Waals surface area contributed by atoms with Crippen LogP contribution in [0.1, 0.15) is 48.6 Å². The van der Waals surface area contributed by atoms with E-state index in [1.807, 2.05) is 22.7 Å². The molecule has 2 aliphatic carbocycles. The Morgan fingerprint density at radius 2 is 0.962 bits per heavy atom. The van der Waals surface area contributed by atoms with Crippen molar-refractivity contribution in [1.82, 2.24) is 14.5 Å². The zero-order chi connectivity index (χ0) is 35.4. The number of fused-ring (bicyclic) bond motifs is 16. The molecule has 0 aliphatic heterocycles. The fourth-order valence-electron chi connectivity index (χ4n) is 9.62. The van der Waals surface area contributed by atoms with E-state index in [9.17, 15) is 0 Å². The molecule has 0 bridgehead atoms. The second-order valence-corrected chi connectivity index (χ2v) is 17.8. The van der Waals surface area contributed by atoms with E-state index in [0.29, 0.717) is 5.95 Å². The van der Waals surface area contributed by atoms with E-state index < -0.39 is 0 Å². The van der Waals surface area contributed by atoms with Crippen LogP contribution >= 0.6 is 22.7 Å². The molecule has 2 aliphatic rings. The Kier molecular flexibility index (Phi) is 5.68. The SMILES string of the molecule is CC1(C)c2ccccc2-c2c1sc1c2ccc2c3ccc4c5c(sc4c3n(-c3nc(-c4ccccc4)c4ccccc4n3)c21)C(C)(C)c1ccccc1-5. The zero-order valence-electron chi connectivity index (χ0n) is 29.8. The molecule has 5 heteroatoms. The topological polar surface area (TPSA) is 30.7 Å². The van der Waals surface area contributed by atoms with E-state index in [4.69, 9.17) is 9.97 Å². The van der Waals surface area contributed by atoms with Crippen molar-refractivity contribution in [3.8, 4) is 39.5 Å². The van der Waals surface area contributed by atoms with E-state index in [1.54, 1.807) is 0 Å². The Morgan fingerprint density at radius 1 is 0.472 bits per heavy atom. The third-order valence-corrected chi connectivity index (χ3v) is 15.2. The molecule has 0 N–H and O–H groups in total. The largest absolute Gasteiger partial charge is 0.275 e. The Hall–Kier alpha value is -5.62. The van der Waals surface area contributed by atoms with Crippen molar-refractivity contribution in [3.05, 3.63) is 148 Å². The lowest BCUT2D eigenvalue weighted by Crippen LogP contribution is -2.13. The summed E-state index contributed by atoms with van der Waals surface area (Å²) >= 11 is 3.91. The highest BCUT2D eigenvalue weighted by atomic mass is 32.1. The maximum Gasteiger partial charge on any atom is 0.235 e. The summed E-state index contributed by atoms with van der Waals surface area (Å²) in [6.07, 6.45) is 0. The summed E-state index contributed by atoms with van der Waals surface area (Å²) < 4.78 is 5.03. The van der Waals surface area contributed by atoms with E-state index >= 15 is 0 Å². The molecule has 6 aromatic carbocycles. The summed E-state index contributed by atoms with van der Waals surface area (Å²) in [6.45, 7) is 9.53. The van der Waals surface area contributed by atoms with Gasteiger partial charge in [-0.25, -0.2) is 9.97 Å². The first kappa shape index (κ1) is 29.9. The van der Waals surface area contributed by atoms with Crippen LogP contribution in [-0.4, -0.2) is 14.5 Å². The van der Waals surface area contributed by atoms with E-state index in [0.717, 1.165) is 22.2 Å². The van der Waals surface area contributed by atoms with Crippen LogP contribution in [0, 0.1) is 0 Å². The fourth-order valence-corrected chi connectivity index (χ4v) is 12.6. The highest BCUT2D eigenvalue weighted by Gasteiger charge is 2.41. The van der Waals surface area contributed by atoms with Crippen LogP contribution in [0.15, 0.2) is 127 Å². The fraction of sp³-hybridized carbons (Fsp3) is 0.125. The quantitative estimate of drug-likeness (QED) is 0.178. The summed E-state index contributed by atoms with van der Waals surface area (Å²) in [7, 11) is 0. The number of benzene rings is 6. The first-order valence-electron chi connectivity index (χ1n) is 18.3. The van der Waals surface area contributed by atoms with Gasteiger partial charge in [0.2, 0.25) is 5.95 Å². The Labute approximate surface area is 314 Å². The third kappa shape index (κ3) is 3.69. The molecule has 4 heterocycles. The minimum atomic E-state index is -0.0838. The van der Waals surface area contributed by atoms with Crippen molar-refractivity contribution in [1.29, 1.82) is 0 Å². The number of nitrogens with zero attached hydrogens (tertiary/aromatic N) is 3. The molecule has 4 aromatic heterocycles. The van der Waals surface area contributed by atoms with Crippen LogP contribution in [0.3, 0.4) is 0 Å². The molecule has 0 saturated heterocycles. The summed E-state index contributed by atoms with van der Waals surface area (Å²) in [5, 5.41) is 6.16. The van der Waals surface area contributed by atoms with Crippen LogP contribution in [0.25, 0.3) is 92.3 Å². The Balaban J connectivity index is 1.28. The lowest BCUT2D eigenvalue weighted by atomic mass is 9.87. The van der Waals surface area contributed by atoms with Crippen molar-refractivity contribution in [3.63, 3.8) is 0 Å². The van der Waals surface area contributed by atoms with E-state index in [-0.39, 0.29) is 10.8 Å². The monoisotopic (exact) mass is 715 g/mol. The summed E-state index contributed by atoms with van der Waals surface area (Å²) in [4.78, 5) is 13.8. The summed E-state index contributed by atoms with van der Waals surface area (Å²) in [6, 6.07) is 46.5. The van der Waals surface area contributed by atoms with Gasteiger partial charge in [0.25, 0.3) is 0 Å². The molecule has 12 rings (SSSR count). The van der Waals surface area contributed by atoms with Gasteiger partial charge < -0.3 is 0 Å². The molecule has 0 amide bonds. The molecule has 0 fully saturated rings. The lowest BCUT2D eigenvalue weighted by Gasteiger charge is -2.19.